The lowest BCUT2D eigenvalue weighted by molar-refractivity contribution is -0.123. The zero-order valence-corrected chi connectivity index (χ0v) is 12.7. The molecule has 0 radical (unpaired) electrons. The van der Waals surface area contributed by atoms with Gasteiger partial charge in [-0.25, -0.2) is 0 Å². The first-order valence-corrected chi connectivity index (χ1v) is 7.29. The van der Waals surface area contributed by atoms with Crippen molar-refractivity contribution in [2.45, 2.75) is 6.42 Å². The standard InChI is InChI=1S/C14H18N2O3S/c1-16-13(17)9-20-14(16)15-7-6-10-4-5-11(18-2)12(8-10)19-3/h4-5,8H,6-7,9H2,1-3H3. The van der Waals surface area contributed by atoms with Crippen molar-refractivity contribution in [3.63, 3.8) is 0 Å². The molecule has 2 rings (SSSR count). The fraction of sp³-hybridized carbons (Fsp3) is 0.429. The summed E-state index contributed by atoms with van der Waals surface area (Å²) in [6.45, 7) is 0.648. The van der Waals surface area contributed by atoms with Crippen LogP contribution in [0, 0.1) is 0 Å². The van der Waals surface area contributed by atoms with Crippen LogP contribution in [-0.4, -0.2) is 49.5 Å². The molecule has 1 aromatic carbocycles. The third-order valence-electron chi connectivity index (χ3n) is 3.08. The van der Waals surface area contributed by atoms with Crippen LogP contribution in [0.2, 0.25) is 0 Å². The first kappa shape index (κ1) is 14.7. The molecule has 0 aromatic heterocycles. The van der Waals surface area contributed by atoms with E-state index in [1.807, 2.05) is 18.2 Å². The van der Waals surface area contributed by atoms with Crippen molar-refractivity contribution in [3.05, 3.63) is 23.8 Å². The van der Waals surface area contributed by atoms with Crippen molar-refractivity contribution in [2.24, 2.45) is 4.99 Å². The molecule has 1 saturated heterocycles. The summed E-state index contributed by atoms with van der Waals surface area (Å²) in [6, 6.07) is 5.84. The number of benzene rings is 1. The van der Waals surface area contributed by atoms with Gasteiger partial charge in [-0.05, 0) is 24.1 Å². The van der Waals surface area contributed by atoms with Crippen LogP contribution in [0.4, 0.5) is 0 Å². The van der Waals surface area contributed by atoms with Crippen LogP contribution in [-0.2, 0) is 11.2 Å². The van der Waals surface area contributed by atoms with E-state index in [1.165, 1.54) is 11.8 Å². The van der Waals surface area contributed by atoms with Crippen LogP contribution in [0.3, 0.4) is 0 Å². The van der Waals surface area contributed by atoms with Crippen LogP contribution in [0.25, 0.3) is 0 Å². The Morgan fingerprint density at radius 2 is 2.05 bits per heavy atom. The lowest BCUT2D eigenvalue weighted by Crippen LogP contribution is -2.24. The summed E-state index contributed by atoms with van der Waals surface area (Å²) in [5, 5.41) is 0.801. The molecule has 1 aromatic rings. The Morgan fingerprint density at radius 1 is 1.30 bits per heavy atom. The molecule has 5 nitrogen and oxygen atoms in total. The first-order valence-electron chi connectivity index (χ1n) is 6.30. The van der Waals surface area contributed by atoms with Gasteiger partial charge in [-0.1, -0.05) is 17.8 Å². The maximum Gasteiger partial charge on any atom is 0.238 e. The van der Waals surface area contributed by atoms with Crippen molar-refractivity contribution in [2.75, 3.05) is 33.6 Å². The van der Waals surface area contributed by atoms with Gasteiger partial charge in [0.05, 0.1) is 20.0 Å². The highest BCUT2D eigenvalue weighted by Crippen LogP contribution is 2.27. The first-order chi connectivity index (χ1) is 9.65. The van der Waals surface area contributed by atoms with Gasteiger partial charge in [0.2, 0.25) is 5.91 Å². The maximum atomic E-state index is 11.4. The highest BCUT2D eigenvalue weighted by Gasteiger charge is 2.23. The van der Waals surface area contributed by atoms with Crippen molar-refractivity contribution in [1.82, 2.24) is 4.90 Å². The highest BCUT2D eigenvalue weighted by atomic mass is 32.2. The molecule has 0 aliphatic carbocycles. The fourth-order valence-electron chi connectivity index (χ4n) is 1.90. The van der Waals surface area contributed by atoms with E-state index >= 15 is 0 Å². The van der Waals surface area contributed by atoms with E-state index in [4.69, 9.17) is 9.47 Å². The van der Waals surface area contributed by atoms with E-state index in [9.17, 15) is 4.79 Å². The molecule has 1 fully saturated rings. The molecule has 1 heterocycles. The molecule has 0 spiro atoms. The van der Waals surface area contributed by atoms with E-state index < -0.39 is 0 Å². The Morgan fingerprint density at radius 3 is 2.65 bits per heavy atom. The van der Waals surface area contributed by atoms with Crippen molar-refractivity contribution < 1.29 is 14.3 Å². The van der Waals surface area contributed by atoms with E-state index in [2.05, 4.69) is 4.99 Å². The zero-order chi connectivity index (χ0) is 14.5. The Bertz CT molecular complexity index is 531. The van der Waals surface area contributed by atoms with Crippen LogP contribution < -0.4 is 9.47 Å². The highest BCUT2D eigenvalue weighted by molar-refractivity contribution is 8.15. The Labute approximate surface area is 123 Å². The van der Waals surface area contributed by atoms with Crippen molar-refractivity contribution in [1.29, 1.82) is 0 Å². The minimum atomic E-state index is 0.111. The smallest absolute Gasteiger partial charge is 0.238 e. The molecule has 6 heteroatoms. The summed E-state index contributed by atoms with van der Waals surface area (Å²) in [5.41, 5.74) is 1.13. The number of hydrogen-bond donors (Lipinski definition) is 0. The third-order valence-corrected chi connectivity index (χ3v) is 4.13. The van der Waals surface area contributed by atoms with Gasteiger partial charge in [-0.2, -0.15) is 0 Å². The number of ether oxygens (including phenoxy) is 2. The van der Waals surface area contributed by atoms with E-state index in [1.54, 1.807) is 26.2 Å². The predicted molar refractivity (Wildman–Crippen MR) is 80.8 cm³/mol. The second-order valence-electron chi connectivity index (χ2n) is 4.35. The Balaban J connectivity index is 1.98. The number of rotatable bonds is 5. The molecule has 1 aliphatic heterocycles. The molecule has 0 N–H and O–H groups in total. The Hall–Kier alpha value is -1.69. The summed E-state index contributed by atoms with van der Waals surface area (Å²) < 4.78 is 10.5. The van der Waals surface area contributed by atoms with Crippen molar-refractivity contribution in [3.8, 4) is 11.5 Å². The summed E-state index contributed by atoms with van der Waals surface area (Å²) in [7, 11) is 5.00. The molecule has 108 valence electrons. The number of carbonyl (C=O) groups excluding carboxylic acids is 1. The number of aliphatic imine (C=N–C) groups is 1. The van der Waals surface area contributed by atoms with Crippen LogP contribution in [0.5, 0.6) is 11.5 Å². The molecule has 1 amide bonds. The maximum absolute atomic E-state index is 11.4. The number of amides is 1. The molecule has 20 heavy (non-hydrogen) atoms. The lowest BCUT2D eigenvalue weighted by atomic mass is 10.1. The van der Waals surface area contributed by atoms with Crippen LogP contribution in [0.15, 0.2) is 23.2 Å². The summed E-state index contributed by atoms with van der Waals surface area (Å²) in [6.07, 6.45) is 0.798. The van der Waals surface area contributed by atoms with E-state index in [0.29, 0.717) is 12.3 Å². The van der Waals surface area contributed by atoms with Gasteiger partial charge in [0.25, 0.3) is 0 Å². The van der Waals surface area contributed by atoms with Gasteiger partial charge in [-0.15, -0.1) is 0 Å². The molecule has 0 saturated carbocycles. The summed E-state index contributed by atoms with van der Waals surface area (Å²) in [4.78, 5) is 17.4. The topological polar surface area (TPSA) is 51.1 Å². The second kappa shape index (κ2) is 6.65. The Kier molecular flexibility index (Phi) is 4.89. The molecule has 0 unspecified atom stereocenters. The SMILES string of the molecule is COc1ccc(CCN=C2SCC(=O)N2C)cc1OC. The van der Waals surface area contributed by atoms with E-state index in [0.717, 1.165) is 28.7 Å². The fourth-order valence-corrected chi connectivity index (χ4v) is 2.82. The summed E-state index contributed by atoms with van der Waals surface area (Å²) in [5.74, 6) is 2.05. The number of thioether (sulfide) groups is 1. The predicted octanol–water partition coefficient (Wildman–Crippen LogP) is 1.81. The zero-order valence-electron chi connectivity index (χ0n) is 11.9. The summed E-state index contributed by atoms with van der Waals surface area (Å²) >= 11 is 1.49. The van der Waals surface area contributed by atoms with Gasteiger partial charge in [0.15, 0.2) is 16.7 Å². The minimum Gasteiger partial charge on any atom is -0.493 e. The van der Waals surface area contributed by atoms with Gasteiger partial charge < -0.3 is 9.47 Å². The molecule has 1 aliphatic rings. The average Bonchev–Trinajstić information content (AvgIpc) is 2.79. The normalized spacial score (nSPS) is 16.9. The van der Waals surface area contributed by atoms with Gasteiger partial charge in [0, 0.05) is 13.6 Å². The molecular weight excluding hydrogens is 276 g/mol. The monoisotopic (exact) mass is 294 g/mol. The minimum absolute atomic E-state index is 0.111. The molecule has 0 bridgehead atoms. The molecular formula is C14H18N2O3S. The van der Waals surface area contributed by atoms with E-state index in [-0.39, 0.29) is 5.91 Å². The molecule has 0 atom stereocenters. The van der Waals surface area contributed by atoms with Gasteiger partial charge in [0.1, 0.15) is 0 Å². The number of carbonyl (C=O) groups is 1. The van der Waals surface area contributed by atoms with Crippen molar-refractivity contribution >= 4 is 22.8 Å². The number of methoxy groups -OCH3 is 2. The lowest BCUT2D eigenvalue weighted by Gasteiger charge is -2.10. The van der Waals surface area contributed by atoms with Gasteiger partial charge in [-0.3, -0.25) is 14.7 Å². The largest absolute Gasteiger partial charge is 0.493 e. The van der Waals surface area contributed by atoms with Crippen LogP contribution in [0.1, 0.15) is 5.56 Å². The number of amidine groups is 1. The van der Waals surface area contributed by atoms with Gasteiger partial charge >= 0.3 is 0 Å². The quantitative estimate of drug-likeness (QED) is 0.831. The second-order valence-corrected chi connectivity index (χ2v) is 5.29. The third kappa shape index (κ3) is 3.25. The average molecular weight is 294 g/mol. The number of hydrogen-bond acceptors (Lipinski definition) is 5. The number of nitrogens with zero attached hydrogens (tertiary/aromatic N) is 2. The van der Waals surface area contributed by atoms with Crippen LogP contribution >= 0.6 is 11.8 Å².